The summed E-state index contributed by atoms with van der Waals surface area (Å²) in [7, 11) is 0. The Bertz CT molecular complexity index is 798. The number of likely N-dealkylation sites (tertiary alicyclic amines) is 1. The minimum atomic E-state index is -0.649. The van der Waals surface area contributed by atoms with Gasteiger partial charge in [-0.25, -0.2) is 4.79 Å². The number of ether oxygens (including phenoxy) is 1. The van der Waals surface area contributed by atoms with Crippen molar-refractivity contribution in [1.82, 2.24) is 4.90 Å². The molecule has 0 radical (unpaired) electrons. The monoisotopic (exact) mass is 428 g/mol. The Labute approximate surface area is 167 Å². The van der Waals surface area contributed by atoms with Gasteiger partial charge < -0.3 is 9.84 Å². The van der Waals surface area contributed by atoms with E-state index in [0.717, 1.165) is 11.8 Å². The van der Waals surface area contributed by atoms with Crippen molar-refractivity contribution in [2.24, 2.45) is 0 Å². The van der Waals surface area contributed by atoms with Gasteiger partial charge in [0, 0.05) is 17.9 Å². The number of hydrogen-bond donors (Lipinski definition) is 1. The van der Waals surface area contributed by atoms with E-state index in [1.807, 2.05) is 6.26 Å². The number of thioether (sulfide) groups is 3. The molecule has 0 spiro atoms. The molecule has 1 aromatic rings. The summed E-state index contributed by atoms with van der Waals surface area (Å²) in [5.74, 6) is -0.373. The Morgan fingerprint density at radius 2 is 2.15 bits per heavy atom. The highest BCUT2D eigenvalue weighted by molar-refractivity contribution is 8.25. The Kier molecular flexibility index (Phi) is 6.35. The molecule has 3 rings (SSSR count). The molecular weight excluding hydrogens is 412 g/mol. The maximum atomic E-state index is 12.7. The molecule has 0 bridgehead atoms. The van der Waals surface area contributed by atoms with Crippen molar-refractivity contribution in [2.45, 2.75) is 23.8 Å². The van der Waals surface area contributed by atoms with Gasteiger partial charge in [-0.15, -0.1) is 23.5 Å². The standard InChI is InChI=1S/C16H16N2O6S3/c1-25-12-6-11(19)17(12)14(16-26-8-13(20)27-16)15(21)24-7-9-2-4-10(5-3-9)18(22)23/h2-5,12-13,20H,6-8H2,1H3. The Balaban J connectivity index is 1.75. The van der Waals surface area contributed by atoms with Crippen LogP contribution in [0.2, 0.25) is 0 Å². The van der Waals surface area contributed by atoms with Crippen LogP contribution in [0.15, 0.2) is 34.2 Å². The molecule has 8 nitrogen and oxygen atoms in total. The van der Waals surface area contributed by atoms with Gasteiger partial charge in [-0.05, 0) is 24.0 Å². The van der Waals surface area contributed by atoms with E-state index in [0.29, 0.717) is 22.0 Å². The number of β-lactam (4-membered cyclic amide) rings is 1. The van der Waals surface area contributed by atoms with Crippen LogP contribution in [-0.4, -0.2) is 49.6 Å². The number of nitro groups is 1. The average Bonchev–Trinajstić information content (AvgIpc) is 3.08. The minimum Gasteiger partial charge on any atom is -0.456 e. The fourth-order valence-corrected chi connectivity index (χ4v) is 5.70. The SMILES string of the molecule is CSC1CC(=O)N1C(C(=O)OCc1ccc([N+](=O)[O-])cc1)=C1SCC(O)S1. The second-order valence-corrected chi connectivity index (χ2v) is 9.17. The number of carbonyl (C=O) groups excluding carboxylic acids is 2. The molecule has 0 saturated carbocycles. The first kappa shape index (κ1) is 20.1. The summed E-state index contributed by atoms with van der Waals surface area (Å²) in [6.07, 6.45) is 2.21. The van der Waals surface area contributed by atoms with Crippen molar-refractivity contribution in [3.63, 3.8) is 0 Å². The van der Waals surface area contributed by atoms with Crippen molar-refractivity contribution in [1.29, 1.82) is 0 Å². The molecule has 2 unspecified atom stereocenters. The zero-order chi connectivity index (χ0) is 19.6. The quantitative estimate of drug-likeness (QED) is 0.240. The number of nitrogens with zero attached hydrogens (tertiary/aromatic N) is 2. The fourth-order valence-electron chi connectivity index (χ4n) is 2.52. The lowest BCUT2D eigenvalue weighted by Gasteiger charge is -2.40. The first-order valence-electron chi connectivity index (χ1n) is 7.87. The summed E-state index contributed by atoms with van der Waals surface area (Å²) in [6.45, 7) is -0.0720. The van der Waals surface area contributed by atoms with Gasteiger partial charge >= 0.3 is 5.97 Å². The molecule has 2 fully saturated rings. The molecule has 0 aliphatic carbocycles. The third-order valence-electron chi connectivity index (χ3n) is 3.92. The van der Waals surface area contributed by atoms with E-state index in [2.05, 4.69) is 0 Å². The number of carbonyl (C=O) groups is 2. The molecule has 2 saturated heterocycles. The molecule has 1 amide bonds. The summed E-state index contributed by atoms with van der Waals surface area (Å²) in [6, 6.07) is 5.70. The van der Waals surface area contributed by atoms with Gasteiger partial charge in [0.1, 0.15) is 12.0 Å². The summed E-state index contributed by atoms with van der Waals surface area (Å²) in [5, 5.41) is 20.3. The first-order valence-corrected chi connectivity index (χ1v) is 11.0. The van der Waals surface area contributed by atoms with Crippen LogP contribution in [0.3, 0.4) is 0 Å². The molecule has 0 aromatic heterocycles. The van der Waals surface area contributed by atoms with E-state index in [1.54, 1.807) is 0 Å². The highest BCUT2D eigenvalue weighted by Crippen LogP contribution is 2.46. The predicted octanol–water partition coefficient (Wildman–Crippen LogP) is 2.53. The summed E-state index contributed by atoms with van der Waals surface area (Å²) >= 11 is 3.93. The van der Waals surface area contributed by atoms with Crippen LogP contribution in [0.1, 0.15) is 12.0 Å². The van der Waals surface area contributed by atoms with Gasteiger partial charge in [-0.2, -0.15) is 0 Å². The molecule has 1 N–H and O–H groups in total. The van der Waals surface area contributed by atoms with Crippen LogP contribution >= 0.6 is 35.3 Å². The van der Waals surface area contributed by atoms with Crippen molar-refractivity contribution < 1.29 is 24.4 Å². The van der Waals surface area contributed by atoms with E-state index in [-0.39, 0.29) is 29.3 Å². The maximum Gasteiger partial charge on any atom is 0.357 e. The number of hydrogen-bond acceptors (Lipinski definition) is 9. The molecule has 2 aliphatic rings. The number of rotatable bonds is 6. The second-order valence-electron chi connectivity index (χ2n) is 5.68. The van der Waals surface area contributed by atoms with Gasteiger partial charge in [0.15, 0.2) is 5.70 Å². The predicted molar refractivity (Wildman–Crippen MR) is 105 cm³/mol. The number of amides is 1. The minimum absolute atomic E-state index is 0.0467. The van der Waals surface area contributed by atoms with E-state index in [4.69, 9.17) is 4.74 Å². The van der Waals surface area contributed by atoms with Crippen LogP contribution in [-0.2, 0) is 20.9 Å². The molecule has 27 heavy (non-hydrogen) atoms. The molecule has 2 aliphatic heterocycles. The Morgan fingerprint density at radius 3 is 2.67 bits per heavy atom. The molecule has 2 atom stereocenters. The van der Waals surface area contributed by atoms with E-state index in [1.165, 1.54) is 52.7 Å². The van der Waals surface area contributed by atoms with E-state index >= 15 is 0 Å². The third-order valence-corrected chi connectivity index (χ3v) is 7.48. The summed E-state index contributed by atoms with van der Waals surface area (Å²) < 4.78 is 5.93. The topological polar surface area (TPSA) is 110 Å². The lowest BCUT2D eigenvalue weighted by Crippen LogP contribution is -2.51. The van der Waals surface area contributed by atoms with Gasteiger partial charge in [0.05, 0.1) is 21.0 Å². The van der Waals surface area contributed by atoms with Crippen molar-refractivity contribution in [3.8, 4) is 0 Å². The number of non-ortho nitro benzene ring substituents is 1. The van der Waals surface area contributed by atoms with Crippen LogP contribution in [0.5, 0.6) is 0 Å². The van der Waals surface area contributed by atoms with Gasteiger partial charge in [-0.3, -0.25) is 19.8 Å². The third kappa shape index (κ3) is 4.42. The van der Waals surface area contributed by atoms with Crippen molar-refractivity contribution >= 4 is 52.8 Å². The second kappa shape index (κ2) is 8.55. The zero-order valence-electron chi connectivity index (χ0n) is 14.2. The smallest absolute Gasteiger partial charge is 0.357 e. The molecule has 11 heteroatoms. The summed E-state index contributed by atoms with van der Waals surface area (Å²) in [4.78, 5) is 36.4. The molecule has 144 valence electrons. The number of nitro benzene ring substituents is 1. The van der Waals surface area contributed by atoms with Gasteiger partial charge in [0.2, 0.25) is 5.91 Å². The largest absolute Gasteiger partial charge is 0.456 e. The Morgan fingerprint density at radius 1 is 1.44 bits per heavy atom. The highest BCUT2D eigenvalue weighted by Gasteiger charge is 2.43. The number of aliphatic hydroxyl groups is 1. The van der Waals surface area contributed by atoms with E-state index in [9.17, 15) is 24.8 Å². The molecule has 2 heterocycles. The normalized spacial score (nSPS) is 23.8. The van der Waals surface area contributed by atoms with Gasteiger partial charge in [-0.1, -0.05) is 11.8 Å². The first-order chi connectivity index (χ1) is 12.9. The van der Waals surface area contributed by atoms with Crippen LogP contribution in [0.25, 0.3) is 0 Å². The van der Waals surface area contributed by atoms with Crippen LogP contribution in [0.4, 0.5) is 5.69 Å². The molecular formula is C16H16N2O6S3. The van der Waals surface area contributed by atoms with Crippen LogP contribution < -0.4 is 0 Å². The molecule has 1 aromatic carbocycles. The Hall–Kier alpha value is -1.69. The number of aliphatic hydroxyl groups excluding tert-OH is 1. The number of benzene rings is 1. The van der Waals surface area contributed by atoms with Crippen molar-refractivity contribution in [2.75, 3.05) is 12.0 Å². The highest BCUT2D eigenvalue weighted by atomic mass is 32.2. The lowest BCUT2D eigenvalue weighted by molar-refractivity contribution is -0.384. The average molecular weight is 429 g/mol. The van der Waals surface area contributed by atoms with E-state index < -0.39 is 16.3 Å². The fraction of sp³-hybridized carbons (Fsp3) is 0.375. The maximum absolute atomic E-state index is 12.7. The zero-order valence-corrected chi connectivity index (χ0v) is 16.6. The number of esters is 1. The van der Waals surface area contributed by atoms with Crippen molar-refractivity contribution in [3.05, 3.63) is 49.9 Å². The van der Waals surface area contributed by atoms with Gasteiger partial charge in [0.25, 0.3) is 5.69 Å². The lowest BCUT2D eigenvalue weighted by atomic mass is 10.2. The summed E-state index contributed by atoms with van der Waals surface area (Å²) in [5.41, 5.74) is 0.0849. The van der Waals surface area contributed by atoms with Crippen LogP contribution in [0, 0.1) is 10.1 Å².